The highest BCUT2D eigenvalue weighted by Crippen LogP contribution is 2.26. The molecule has 2 amide bonds. The maximum atomic E-state index is 11.3. The Labute approximate surface area is 95.1 Å². The molecule has 0 aliphatic carbocycles. The summed E-state index contributed by atoms with van der Waals surface area (Å²) < 4.78 is 0.848. The average molecular weight is 269 g/mol. The largest absolute Gasteiger partial charge is 0.385 e. The van der Waals surface area contributed by atoms with Gasteiger partial charge in [-0.15, -0.1) is 0 Å². The fraction of sp³-hybridized carbons (Fsp3) is 0.222. The topological polar surface area (TPSA) is 71.6 Å². The fourth-order valence-electron chi connectivity index (χ4n) is 1.53. The summed E-state index contributed by atoms with van der Waals surface area (Å²) in [5, 5.41) is 0. The Kier molecular flexibility index (Phi) is 2.44. The van der Waals surface area contributed by atoms with Crippen LogP contribution in [0.25, 0.3) is 0 Å². The summed E-state index contributed by atoms with van der Waals surface area (Å²) in [4.78, 5) is 20.5. The number of pyridine rings is 1. The van der Waals surface area contributed by atoms with Gasteiger partial charge in [-0.25, -0.2) is 4.79 Å². The Balaban J connectivity index is 2.40. The van der Waals surface area contributed by atoms with E-state index in [1.165, 1.54) is 4.90 Å². The van der Waals surface area contributed by atoms with Crippen molar-refractivity contribution in [1.82, 2.24) is 9.88 Å². The summed E-state index contributed by atoms with van der Waals surface area (Å²) in [5.41, 5.74) is 6.53. The number of hydrogen-bond acceptors (Lipinski definition) is 3. The number of nitrogens with two attached hydrogens (primary N) is 1. The lowest BCUT2D eigenvalue weighted by molar-refractivity contribution is 0.218. The molecule has 0 saturated heterocycles. The molecule has 1 aliphatic heterocycles. The van der Waals surface area contributed by atoms with Crippen LogP contribution in [0.5, 0.6) is 0 Å². The number of likely N-dealkylation sites (N-methyl/N-ethyl adjacent to an activating group) is 1. The molecule has 0 fully saturated rings. The van der Waals surface area contributed by atoms with Crippen LogP contribution in [0.1, 0.15) is 11.6 Å². The zero-order valence-electron chi connectivity index (χ0n) is 8.01. The van der Waals surface area contributed by atoms with Crippen LogP contribution in [0.2, 0.25) is 0 Å². The van der Waals surface area contributed by atoms with Gasteiger partial charge < -0.3 is 10.6 Å². The highest BCUT2D eigenvalue weighted by Gasteiger charge is 2.31. The predicted molar refractivity (Wildman–Crippen MR) is 59.5 cm³/mol. The van der Waals surface area contributed by atoms with Gasteiger partial charge >= 0.3 is 6.03 Å². The van der Waals surface area contributed by atoms with Crippen molar-refractivity contribution in [3.05, 3.63) is 28.5 Å². The monoisotopic (exact) mass is 268 g/mol. The average Bonchev–Trinajstić information content (AvgIpc) is 2.41. The molecule has 2 heterocycles. The standard InChI is InChI=1S/C9H9BrN4O/c1-14-7(8(11)13-9(14)15)5-2-6(10)4-12-3-5/h2-4,7H,1H3,(H2,11,13,15). The summed E-state index contributed by atoms with van der Waals surface area (Å²) in [6, 6.07) is 1.25. The van der Waals surface area contributed by atoms with Crippen LogP contribution in [0.3, 0.4) is 0 Å². The molecule has 1 aromatic heterocycles. The number of aliphatic imine (C=N–C) groups is 1. The molecular formula is C9H9BrN4O. The minimum atomic E-state index is -0.322. The third-order valence-corrected chi connectivity index (χ3v) is 2.67. The van der Waals surface area contributed by atoms with Crippen molar-refractivity contribution >= 4 is 27.8 Å². The van der Waals surface area contributed by atoms with E-state index in [2.05, 4.69) is 25.9 Å². The van der Waals surface area contributed by atoms with Crippen molar-refractivity contribution in [3.8, 4) is 0 Å². The van der Waals surface area contributed by atoms with Gasteiger partial charge in [0.15, 0.2) is 0 Å². The van der Waals surface area contributed by atoms with E-state index in [0.29, 0.717) is 5.84 Å². The van der Waals surface area contributed by atoms with Gasteiger partial charge in [-0.05, 0) is 22.0 Å². The number of amidine groups is 1. The second kappa shape index (κ2) is 3.62. The molecule has 15 heavy (non-hydrogen) atoms. The van der Waals surface area contributed by atoms with Crippen LogP contribution in [-0.2, 0) is 0 Å². The first-order chi connectivity index (χ1) is 7.09. The quantitative estimate of drug-likeness (QED) is 0.835. The Morgan fingerprint density at radius 3 is 2.80 bits per heavy atom. The van der Waals surface area contributed by atoms with Gasteiger partial charge in [0, 0.05) is 29.5 Å². The number of hydrogen-bond donors (Lipinski definition) is 1. The minimum absolute atomic E-state index is 0.303. The first-order valence-corrected chi connectivity index (χ1v) is 5.10. The Morgan fingerprint density at radius 2 is 2.27 bits per heavy atom. The molecule has 1 aliphatic rings. The van der Waals surface area contributed by atoms with Gasteiger partial charge in [0.25, 0.3) is 0 Å². The van der Waals surface area contributed by atoms with Crippen LogP contribution in [0, 0.1) is 0 Å². The summed E-state index contributed by atoms with van der Waals surface area (Å²) in [6.45, 7) is 0. The normalized spacial score (nSPS) is 20.7. The zero-order valence-corrected chi connectivity index (χ0v) is 9.60. The predicted octanol–water partition coefficient (Wildman–Crippen LogP) is 1.31. The fourth-order valence-corrected chi connectivity index (χ4v) is 1.91. The number of carbonyl (C=O) groups is 1. The van der Waals surface area contributed by atoms with Crippen LogP contribution in [0.15, 0.2) is 27.9 Å². The first kappa shape index (κ1) is 10.1. The van der Waals surface area contributed by atoms with E-state index in [9.17, 15) is 4.79 Å². The van der Waals surface area contributed by atoms with Crippen molar-refractivity contribution in [2.24, 2.45) is 10.7 Å². The van der Waals surface area contributed by atoms with Crippen LogP contribution >= 0.6 is 15.9 Å². The second-order valence-electron chi connectivity index (χ2n) is 3.27. The smallest absolute Gasteiger partial charge is 0.345 e. The Bertz CT molecular complexity index is 445. The molecule has 2 N–H and O–H groups in total. The number of halogens is 1. The third kappa shape index (κ3) is 1.72. The van der Waals surface area contributed by atoms with E-state index in [-0.39, 0.29) is 12.1 Å². The number of aromatic nitrogens is 1. The molecule has 0 bridgehead atoms. The van der Waals surface area contributed by atoms with E-state index in [0.717, 1.165) is 10.0 Å². The van der Waals surface area contributed by atoms with Gasteiger partial charge in [-0.2, -0.15) is 4.99 Å². The zero-order chi connectivity index (χ0) is 11.0. The van der Waals surface area contributed by atoms with E-state index in [1.54, 1.807) is 19.4 Å². The summed E-state index contributed by atoms with van der Waals surface area (Å²) in [6.07, 6.45) is 3.35. The van der Waals surface area contributed by atoms with Crippen molar-refractivity contribution < 1.29 is 4.79 Å². The number of amides is 2. The van der Waals surface area contributed by atoms with Crippen molar-refractivity contribution in [3.63, 3.8) is 0 Å². The second-order valence-corrected chi connectivity index (χ2v) is 4.18. The van der Waals surface area contributed by atoms with E-state index < -0.39 is 0 Å². The molecular weight excluding hydrogens is 260 g/mol. The Morgan fingerprint density at radius 1 is 1.53 bits per heavy atom. The molecule has 78 valence electrons. The molecule has 0 spiro atoms. The number of urea groups is 1. The van der Waals surface area contributed by atoms with Gasteiger partial charge in [0.05, 0.1) is 0 Å². The van der Waals surface area contributed by atoms with Crippen molar-refractivity contribution in [2.45, 2.75) is 6.04 Å². The first-order valence-electron chi connectivity index (χ1n) is 4.31. The molecule has 1 unspecified atom stereocenters. The van der Waals surface area contributed by atoms with Gasteiger partial charge in [-0.3, -0.25) is 4.98 Å². The van der Waals surface area contributed by atoms with Gasteiger partial charge in [-0.1, -0.05) is 0 Å². The van der Waals surface area contributed by atoms with Crippen molar-refractivity contribution in [2.75, 3.05) is 7.05 Å². The maximum Gasteiger partial charge on any atom is 0.345 e. The number of carbonyl (C=O) groups excluding carboxylic acids is 1. The Hall–Kier alpha value is -1.43. The van der Waals surface area contributed by atoms with E-state index in [4.69, 9.17) is 5.73 Å². The van der Waals surface area contributed by atoms with Gasteiger partial charge in [0.1, 0.15) is 11.9 Å². The third-order valence-electron chi connectivity index (χ3n) is 2.24. The van der Waals surface area contributed by atoms with Crippen molar-refractivity contribution in [1.29, 1.82) is 0 Å². The molecule has 0 aromatic carbocycles. The molecule has 2 rings (SSSR count). The summed E-state index contributed by atoms with van der Waals surface area (Å²) in [5.74, 6) is 0.308. The molecule has 5 nitrogen and oxygen atoms in total. The highest BCUT2D eigenvalue weighted by atomic mass is 79.9. The SMILES string of the molecule is CN1C(=O)N=C(N)C1c1cncc(Br)c1. The van der Waals surface area contributed by atoms with Crippen LogP contribution < -0.4 is 5.73 Å². The summed E-state index contributed by atoms with van der Waals surface area (Å²) in [7, 11) is 1.66. The van der Waals surface area contributed by atoms with Gasteiger partial charge in [0.2, 0.25) is 0 Å². The van der Waals surface area contributed by atoms with Crippen LogP contribution in [0.4, 0.5) is 4.79 Å². The summed E-state index contributed by atoms with van der Waals surface area (Å²) >= 11 is 3.32. The molecule has 1 atom stereocenters. The van der Waals surface area contributed by atoms with E-state index >= 15 is 0 Å². The number of nitrogens with zero attached hydrogens (tertiary/aromatic N) is 3. The maximum absolute atomic E-state index is 11.3. The van der Waals surface area contributed by atoms with E-state index in [1.807, 2.05) is 6.07 Å². The lowest BCUT2D eigenvalue weighted by Crippen LogP contribution is -2.30. The molecule has 0 saturated carbocycles. The molecule has 1 aromatic rings. The molecule has 6 heteroatoms. The van der Waals surface area contributed by atoms with Crippen LogP contribution in [-0.4, -0.2) is 28.8 Å². The lowest BCUT2D eigenvalue weighted by Gasteiger charge is -2.19. The lowest BCUT2D eigenvalue weighted by atomic mass is 10.1. The number of rotatable bonds is 1. The molecule has 0 radical (unpaired) electrons. The highest BCUT2D eigenvalue weighted by molar-refractivity contribution is 9.10. The minimum Gasteiger partial charge on any atom is -0.385 e.